The number of ether oxygens (including phenoxy) is 3. The zero-order valence-electron chi connectivity index (χ0n) is 20.6. The van der Waals surface area contributed by atoms with E-state index >= 15 is 0 Å². The number of hydrogen-bond acceptors (Lipinski definition) is 6. The Labute approximate surface area is 210 Å². The molecule has 1 aliphatic rings. The molecular formula is C27H31N3O6. The molecule has 1 N–H and O–H groups in total. The Morgan fingerprint density at radius 3 is 2.61 bits per heavy atom. The molecule has 1 aromatic heterocycles. The van der Waals surface area contributed by atoms with Crippen LogP contribution in [0.15, 0.2) is 65.3 Å². The lowest BCUT2D eigenvalue weighted by Gasteiger charge is -2.27. The molecule has 0 bridgehead atoms. The Balaban J connectivity index is 1.49. The highest BCUT2D eigenvalue weighted by atomic mass is 16.7. The summed E-state index contributed by atoms with van der Waals surface area (Å²) >= 11 is 0. The quantitative estimate of drug-likeness (QED) is 0.429. The summed E-state index contributed by atoms with van der Waals surface area (Å²) in [5.74, 6) is 1.75. The molecule has 0 aliphatic carbocycles. The molecule has 0 atom stereocenters. The van der Waals surface area contributed by atoms with E-state index in [0.29, 0.717) is 36.1 Å². The Kier molecular flexibility index (Phi) is 8.46. The van der Waals surface area contributed by atoms with Gasteiger partial charge in [0, 0.05) is 25.9 Å². The fourth-order valence-corrected chi connectivity index (χ4v) is 3.87. The van der Waals surface area contributed by atoms with Crippen LogP contribution in [-0.4, -0.2) is 55.3 Å². The molecule has 0 radical (unpaired) electrons. The van der Waals surface area contributed by atoms with Crippen LogP contribution in [0, 0.1) is 0 Å². The fourth-order valence-electron chi connectivity index (χ4n) is 3.87. The third-order valence-electron chi connectivity index (χ3n) is 5.86. The third kappa shape index (κ3) is 6.57. The molecule has 0 saturated heterocycles. The largest absolute Gasteiger partial charge is 0.467 e. The molecule has 3 amide bonds. The number of carbonyl (C=O) groups excluding carboxylic acids is 2. The minimum absolute atomic E-state index is 0.117. The molecule has 2 aromatic carbocycles. The average Bonchev–Trinajstić information content (AvgIpc) is 3.58. The molecule has 190 valence electrons. The molecular weight excluding hydrogens is 462 g/mol. The van der Waals surface area contributed by atoms with Crippen LogP contribution < -0.4 is 14.8 Å². The number of carbonyl (C=O) groups is 2. The lowest BCUT2D eigenvalue weighted by molar-refractivity contribution is -0.133. The third-order valence-corrected chi connectivity index (χ3v) is 5.86. The van der Waals surface area contributed by atoms with Crippen molar-refractivity contribution in [2.24, 2.45) is 0 Å². The topological polar surface area (TPSA) is 93.5 Å². The van der Waals surface area contributed by atoms with Gasteiger partial charge in [-0.25, -0.2) is 4.79 Å². The molecule has 0 fully saturated rings. The van der Waals surface area contributed by atoms with Crippen LogP contribution in [0.3, 0.4) is 0 Å². The number of nitrogens with one attached hydrogen (secondary N) is 1. The number of benzene rings is 2. The molecule has 0 saturated carbocycles. The minimum Gasteiger partial charge on any atom is -0.467 e. The van der Waals surface area contributed by atoms with Crippen molar-refractivity contribution in [3.05, 3.63) is 77.7 Å². The SMILES string of the molecule is CCc1cccc(NC(=O)N(CCOC)CC(=O)N(Cc2ccc3c(c2)OCO3)Cc2ccco2)c1. The first-order chi connectivity index (χ1) is 17.6. The lowest BCUT2D eigenvalue weighted by atomic mass is 10.1. The fraction of sp³-hybridized carbons (Fsp3) is 0.333. The van der Waals surface area contributed by atoms with Crippen molar-refractivity contribution in [3.63, 3.8) is 0 Å². The molecule has 0 spiro atoms. The molecule has 1 aliphatic heterocycles. The van der Waals surface area contributed by atoms with E-state index in [1.165, 1.54) is 4.90 Å². The lowest BCUT2D eigenvalue weighted by Crippen LogP contribution is -2.45. The first-order valence-corrected chi connectivity index (χ1v) is 11.9. The van der Waals surface area contributed by atoms with Crippen LogP contribution in [0.4, 0.5) is 10.5 Å². The molecule has 0 unspecified atom stereocenters. The average molecular weight is 494 g/mol. The molecule has 3 aromatic rings. The Bertz CT molecular complexity index is 1160. The molecule has 2 heterocycles. The van der Waals surface area contributed by atoms with Gasteiger partial charge >= 0.3 is 6.03 Å². The summed E-state index contributed by atoms with van der Waals surface area (Å²) in [7, 11) is 1.56. The molecule has 9 heteroatoms. The van der Waals surface area contributed by atoms with Crippen molar-refractivity contribution in [2.75, 3.05) is 38.9 Å². The monoisotopic (exact) mass is 493 g/mol. The number of amides is 3. The maximum atomic E-state index is 13.5. The van der Waals surface area contributed by atoms with Crippen LogP contribution in [0.2, 0.25) is 0 Å². The number of fused-ring (bicyclic) bond motifs is 1. The van der Waals surface area contributed by atoms with Crippen LogP contribution >= 0.6 is 0 Å². The second-order valence-electron chi connectivity index (χ2n) is 8.42. The highest BCUT2D eigenvalue weighted by molar-refractivity contribution is 5.92. The summed E-state index contributed by atoms with van der Waals surface area (Å²) in [6, 6.07) is 16.5. The van der Waals surface area contributed by atoms with Crippen molar-refractivity contribution >= 4 is 17.6 Å². The van der Waals surface area contributed by atoms with Gasteiger partial charge in [-0.3, -0.25) is 4.79 Å². The van der Waals surface area contributed by atoms with Crippen LogP contribution in [0.25, 0.3) is 0 Å². The van der Waals surface area contributed by atoms with E-state index < -0.39 is 0 Å². The number of aryl methyl sites for hydroxylation is 1. The number of rotatable bonds is 11. The van der Waals surface area contributed by atoms with Gasteiger partial charge in [0.15, 0.2) is 11.5 Å². The van der Waals surface area contributed by atoms with Crippen molar-refractivity contribution in [1.82, 2.24) is 9.80 Å². The normalized spacial score (nSPS) is 11.8. The van der Waals surface area contributed by atoms with E-state index in [1.807, 2.05) is 48.5 Å². The number of furan rings is 1. The van der Waals surface area contributed by atoms with Gasteiger partial charge in [0.25, 0.3) is 0 Å². The van der Waals surface area contributed by atoms with Crippen LogP contribution in [0.1, 0.15) is 23.8 Å². The maximum absolute atomic E-state index is 13.5. The van der Waals surface area contributed by atoms with Gasteiger partial charge in [-0.1, -0.05) is 25.1 Å². The second kappa shape index (κ2) is 12.1. The van der Waals surface area contributed by atoms with Gasteiger partial charge in [0.05, 0.1) is 19.4 Å². The zero-order chi connectivity index (χ0) is 25.3. The minimum atomic E-state index is -0.366. The highest BCUT2D eigenvalue weighted by Gasteiger charge is 2.23. The van der Waals surface area contributed by atoms with Crippen molar-refractivity contribution in [2.45, 2.75) is 26.4 Å². The number of urea groups is 1. The van der Waals surface area contributed by atoms with Gasteiger partial charge in [-0.15, -0.1) is 0 Å². The zero-order valence-corrected chi connectivity index (χ0v) is 20.6. The molecule has 4 rings (SSSR count). The van der Waals surface area contributed by atoms with Gasteiger partial charge in [0.1, 0.15) is 12.3 Å². The number of methoxy groups -OCH3 is 1. The van der Waals surface area contributed by atoms with Crippen LogP contribution in [0.5, 0.6) is 11.5 Å². The first-order valence-electron chi connectivity index (χ1n) is 11.9. The summed E-state index contributed by atoms with van der Waals surface area (Å²) in [6.45, 7) is 3.26. The van der Waals surface area contributed by atoms with Crippen molar-refractivity contribution in [1.29, 1.82) is 0 Å². The van der Waals surface area contributed by atoms with E-state index in [4.69, 9.17) is 18.6 Å². The van der Waals surface area contributed by atoms with E-state index in [9.17, 15) is 9.59 Å². The summed E-state index contributed by atoms with van der Waals surface area (Å²) in [6.07, 6.45) is 2.43. The Morgan fingerprint density at radius 2 is 1.83 bits per heavy atom. The summed E-state index contributed by atoms with van der Waals surface area (Å²) in [5, 5.41) is 2.91. The second-order valence-corrected chi connectivity index (χ2v) is 8.42. The summed E-state index contributed by atoms with van der Waals surface area (Å²) in [5.41, 5.74) is 2.67. The smallest absolute Gasteiger partial charge is 0.322 e. The van der Waals surface area contributed by atoms with E-state index in [0.717, 1.165) is 17.5 Å². The van der Waals surface area contributed by atoms with Gasteiger partial charge < -0.3 is 33.7 Å². The predicted molar refractivity (Wildman–Crippen MR) is 134 cm³/mol. The molecule has 36 heavy (non-hydrogen) atoms. The maximum Gasteiger partial charge on any atom is 0.322 e. The first kappa shape index (κ1) is 25.1. The van der Waals surface area contributed by atoms with E-state index in [-0.39, 0.29) is 38.4 Å². The Hall–Kier alpha value is -3.98. The van der Waals surface area contributed by atoms with Gasteiger partial charge in [-0.05, 0) is 53.9 Å². The predicted octanol–water partition coefficient (Wildman–Crippen LogP) is 4.28. The van der Waals surface area contributed by atoms with Crippen LogP contribution in [-0.2, 0) is 29.0 Å². The summed E-state index contributed by atoms with van der Waals surface area (Å²) < 4.78 is 21.6. The van der Waals surface area contributed by atoms with Crippen molar-refractivity contribution in [3.8, 4) is 11.5 Å². The van der Waals surface area contributed by atoms with Gasteiger partial charge in [0.2, 0.25) is 12.7 Å². The number of hydrogen-bond donors (Lipinski definition) is 1. The molecule has 9 nitrogen and oxygen atoms in total. The van der Waals surface area contributed by atoms with Crippen molar-refractivity contribution < 1.29 is 28.2 Å². The van der Waals surface area contributed by atoms with E-state index in [2.05, 4.69) is 12.2 Å². The number of anilines is 1. The standard InChI is InChI=1S/C27H31N3O6/c1-3-20-6-4-7-22(14-20)28-27(32)29(11-13-33-2)18-26(31)30(17-23-8-5-12-34-23)16-21-9-10-24-25(15-21)36-19-35-24/h4-10,12,14-15H,3,11,13,16-19H2,1-2H3,(H,28,32). The van der Waals surface area contributed by atoms with E-state index in [1.54, 1.807) is 24.3 Å². The Morgan fingerprint density at radius 1 is 0.972 bits per heavy atom. The van der Waals surface area contributed by atoms with Gasteiger partial charge in [-0.2, -0.15) is 0 Å². The number of nitrogens with zero attached hydrogens (tertiary/aromatic N) is 2. The highest BCUT2D eigenvalue weighted by Crippen LogP contribution is 2.33. The summed E-state index contributed by atoms with van der Waals surface area (Å²) in [4.78, 5) is 29.7.